The van der Waals surface area contributed by atoms with Gasteiger partial charge in [-0.25, -0.2) is 4.79 Å². The maximum atomic E-state index is 11.4. The van der Waals surface area contributed by atoms with Crippen molar-refractivity contribution < 1.29 is 19.0 Å². The highest BCUT2D eigenvalue weighted by Crippen LogP contribution is 2.34. The third-order valence-electron chi connectivity index (χ3n) is 3.23. The van der Waals surface area contributed by atoms with Crippen LogP contribution >= 0.6 is 0 Å². The second kappa shape index (κ2) is 7.14. The summed E-state index contributed by atoms with van der Waals surface area (Å²) < 4.78 is 16.0. The Labute approximate surface area is 119 Å². The van der Waals surface area contributed by atoms with E-state index >= 15 is 0 Å². The number of esters is 1. The molecular weight excluding hydrogens is 258 g/mol. The lowest BCUT2D eigenvalue weighted by atomic mass is 10.1. The molecule has 110 valence electrons. The van der Waals surface area contributed by atoms with Crippen molar-refractivity contribution in [3.8, 4) is 11.5 Å². The molecule has 0 spiro atoms. The van der Waals surface area contributed by atoms with Gasteiger partial charge >= 0.3 is 5.97 Å². The van der Waals surface area contributed by atoms with Gasteiger partial charge in [0.05, 0.1) is 12.6 Å². The fourth-order valence-electron chi connectivity index (χ4n) is 2.03. The Morgan fingerprint density at radius 1 is 1.50 bits per heavy atom. The van der Waals surface area contributed by atoms with E-state index in [0.717, 1.165) is 24.2 Å². The predicted molar refractivity (Wildman–Crippen MR) is 75.1 cm³/mol. The first kappa shape index (κ1) is 14.7. The van der Waals surface area contributed by atoms with Crippen LogP contribution < -0.4 is 14.8 Å². The molecular formula is C15H21NO4. The lowest BCUT2D eigenvalue weighted by molar-refractivity contribution is -0.146. The number of carbonyl (C=O) groups is 1. The minimum atomic E-state index is -0.340. The van der Waals surface area contributed by atoms with Crippen LogP contribution in [0.5, 0.6) is 11.5 Å². The molecule has 1 aromatic carbocycles. The standard InChI is InChI=1S/C15H21NO4/c1-3-4-7-18-15(17)10-19-11-5-6-12-13(16-2)9-20-14(12)8-11/h5-6,8,13,16H,3-4,7,9-10H2,1-2H3. The van der Waals surface area contributed by atoms with Crippen molar-refractivity contribution in [1.82, 2.24) is 5.32 Å². The average Bonchev–Trinajstić information content (AvgIpc) is 2.87. The SMILES string of the molecule is CCCCOC(=O)COc1ccc2c(c1)OCC2NC. The zero-order valence-electron chi connectivity index (χ0n) is 12.0. The molecule has 0 bridgehead atoms. The topological polar surface area (TPSA) is 56.8 Å². The van der Waals surface area contributed by atoms with Gasteiger partial charge in [-0.2, -0.15) is 0 Å². The van der Waals surface area contributed by atoms with Gasteiger partial charge in [-0.3, -0.25) is 0 Å². The Kier molecular flexibility index (Phi) is 5.24. The number of rotatable bonds is 7. The summed E-state index contributed by atoms with van der Waals surface area (Å²) in [5.41, 5.74) is 1.12. The molecule has 1 aromatic rings. The molecule has 20 heavy (non-hydrogen) atoms. The smallest absolute Gasteiger partial charge is 0.344 e. The molecule has 5 heteroatoms. The normalized spacial score (nSPS) is 16.4. The Bertz CT molecular complexity index is 461. The second-order valence-corrected chi connectivity index (χ2v) is 4.71. The van der Waals surface area contributed by atoms with E-state index in [0.29, 0.717) is 19.0 Å². The Hall–Kier alpha value is -1.75. The van der Waals surface area contributed by atoms with Gasteiger partial charge in [0.15, 0.2) is 6.61 Å². The molecule has 1 aliphatic rings. The fourth-order valence-corrected chi connectivity index (χ4v) is 2.03. The van der Waals surface area contributed by atoms with Crippen LogP contribution in [-0.4, -0.2) is 32.8 Å². The lowest BCUT2D eigenvalue weighted by Gasteiger charge is -2.09. The molecule has 0 aromatic heterocycles. The van der Waals surface area contributed by atoms with Crippen LogP contribution in [0.25, 0.3) is 0 Å². The summed E-state index contributed by atoms with van der Waals surface area (Å²) in [6.07, 6.45) is 1.88. The van der Waals surface area contributed by atoms with Gasteiger partial charge in [0.2, 0.25) is 0 Å². The molecule has 0 fully saturated rings. The monoisotopic (exact) mass is 279 g/mol. The van der Waals surface area contributed by atoms with E-state index in [1.54, 1.807) is 0 Å². The molecule has 0 radical (unpaired) electrons. The minimum absolute atomic E-state index is 0.0715. The summed E-state index contributed by atoms with van der Waals surface area (Å²) in [6, 6.07) is 5.84. The highest BCUT2D eigenvalue weighted by atomic mass is 16.6. The predicted octanol–water partition coefficient (Wildman–Crippen LogP) is 2.06. The van der Waals surface area contributed by atoms with Gasteiger partial charge in [-0.15, -0.1) is 0 Å². The highest BCUT2D eigenvalue weighted by Gasteiger charge is 2.22. The Morgan fingerprint density at radius 2 is 2.35 bits per heavy atom. The van der Waals surface area contributed by atoms with E-state index in [4.69, 9.17) is 14.2 Å². The Morgan fingerprint density at radius 3 is 3.10 bits per heavy atom. The van der Waals surface area contributed by atoms with Crippen LogP contribution in [0.1, 0.15) is 31.4 Å². The van der Waals surface area contributed by atoms with E-state index in [1.165, 1.54) is 0 Å². The largest absolute Gasteiger partial charge is 0.491 e. The summed E-state index contributed by atoms with van der Waals surface area (Å²) in [5, 5.41) is 3.18. The molecule has 0 saturated carbocycles. The number of fused-ring (bicyclic) bond motifs is 1. The minimum Gasteiger partial charge on any atom is -0.491 e. The third kappa shape index (κ3) is 3.63. The number of hydrogen-bond donors (Lipinski definition) is 1. The number of likely N-dealkylation sites (N-methyl/N-ethyl adjacent to an activating group) is 1. The maximum Gasteiger partial charge on any atom is 0.344 e. The first-order valence-electron chi connectivity index (χ1n) is 6.97. The van der Waals surface area contributed by atoms with Gasteiger partial charge in [0, 0.05) is 11.6 Å². The summed E-state index contributed by atoms with van der Waals surface area (Å²) in [4.78, 5) is 11.4. The number of benzene rings is 1. The van der Waals surface area contributed by atoms with Crippen molar-refractivity contribution in [1.29, 1.82) is 0 Å². The highest BCUT2D eigenvalue weighted by molar-refractivity contribution is 5.71. The van der Waals surface area contributed by atoms with Gasteiger partial charge < -0.3 is 19.5 Å². The first-order chi connectivity index (χ1) is 9.74. The summed E-state index contributed by atoms with van der Waals surface area (Å²) in [6.45, 7) is 3.05. The van der Waals surface area contributed by atoms with Crippen molar-refractivity contribution in [2.24, 2.45) is 0 Å². The van der Waals surface area contributed by atoms with Crippen LogP contribution in [0, 0.1) is 0 Å². The number of carbonyl (C=O) groups excluding carboxylic acids is 1. The van der Waals surface area contributed by atoms with Crippen LogP contribution in [0.15, 0.2) is 18.2 Å². The number of nitrogens with one attached hydrogen (secondary N) is 1. The molecule has 0 amide bonds. The van der Waals surface area contributed by atoms with Crippen LogP contribution in [-0.2, 0) is 9.53 Å². The van der Waals surface area contributed by atoms with Crippen LogP contribution in [0.3, 0.4) is 0 Å². The van der Waals surface area contributed by atoms with Gasteiger partial charge in [-0.1, -0.05) is 13.3 Å². The summed E-state index contributed by atoms with van der Waals surface area (Å²) in [7, 11) is 1.90. The maximum absolute atomic E-state index is 11.4. The van der Waals surface area contributed by atoms with Gasteiger partial charge in [-0.05, 0) is 25.6 Å². The quantitative estimate of drug-likeness (QED) is 0.611. The Balaban J connectivity index is 1.84. The van der Waals surface area contributed by atoms with Crippen molar-refractivity contribution in [2.75, 3.05) is 26.9 Å². The molecule has 1 aliphatic heterocycles. The summed E-state index contributed by atoms with van der Waals surface area (Å²) >= 11 is 0. The third-order valence-corrected chi connectivity index (χ3v) is 3.23. The van der Waals surface area contributed by atoms with E-state index in [9.17, 15) is 4.79 Å². The van der Waals surface area contributed by atoms with Gasteiger partial charge in [0.1, 0.15) is 18.1 Å². The molecule has 1 atom stereocenters. The molecule has 1 N–H and O–H groups in total. The van der Waals surface area contributed by atoms with Gasteiger partial charge in [0.25, 0.3) is 0 Å². The van der Waals surface area contributed by atoms with Crippen LogP contribution in [0.2, 0.25) is 0 Å². The molecule has 0 aliphatic carbocycles. The van der Waals surface area contributed by atoms with E-state index in [2.05, 4.69) is 5.32 Å². The van der Waals surface area contributed by atoms with Crippen molar-refractivity contribution in [3.63, 3.8) is 0 Å². The second-order valence-electron chi connectivity index (χ2n) is 4.71. The lowest BCUT2D eigenvalue weighted by Crippen LogP contribution is -2.17. The van der Waals surface area contributed by atoms with E-state index < -0.39 is 0 Å². The molecule has 1 unspecified atom stereocenters. The zero-order valence-corrected chi connectivity index (χ0v) is 12.0. The van der Waals surface area contributed by atoms with E-state index in [1.807, 2.05) is 32.2 Å². The van der Waals surface area contributed by atoms with Crippen LogP contribution in [0.4, 0.5) is 0 Å². The van der Waals surface area contributed by atoms with Crippen molar-refractivity contribution in [2.45, 2.75) is 25.8 Å². The zero-order chi connectivity index (χ0) is 14.4. The number of hydrogen-bond acceptors (Lipinski definition) is 5. The molecule has 5 nitrogen and oxygen atoms in total. The van der Waals surface area contributed by atoms with E-state index in [-0.39, 0.29) is 18.6 Å². The average molecular weight is 279 g/mol. The summed E-state index contributed by atoms with van der Waals surface area (Å²) in [5.74, 6) is 1.09. The number of ether oxygens (including phenoxy) is 3. The van der Waals surface area contributed by atoms with Crippen molar-refractivity contribution in [3.05, 3.63) is 23.8 Å². The number of unbranched alkanes of at least 4 members (excludes halogenated alkanes) is 1. The fraction of sp³-hybridized carbons (Fsp3) is 0.533. The molecule has 0 saturated heterocycles. The first-order valence-corrected chi connectivity index (χ1v) is 6.97. The van der Waals surface area contributed by atoms with Crippen molar-refractivity contribution >= 4 is 5.97 Å². The molecule has 1 heterocycles. The molecule has 2 rings (SSSR count).